The predicted octanol–water partition coefficient (Wildman–Crippen LogP) is 4.01. The first-order chi connectivity index (χ1) is 8.99. The van der Waals surface area contributed by atoms with E-state index in [0.29, 0.717) is 11.7 Å². The van der Waals surface area contributed by atoms with Gasteiger partial charge >= 0.3 is 0 Å². The number of carbonyl (C=O) groups is 1. The molecule has 0 aliphatic heterocycles. The molecule has 2 rings (SSSR count). The van der Waals surface area contributed by atoms with Gasteiger partial charge in [0, 0.05) is 31.3 Å². The summed E-state index contributed by atoms with van der Waals surface area (Å²) in [6.45, 7) is 4.58. The van der Waals surface area contributed by atoms with Crippen LogP contribution in [0.4, 0.5) is 5.69 Å². The Kier molecular flexibility index (Phi) is 4.28. The lowest BCUT2D eigenvalue weighted by molar-refractivity contribution is 0.0837. The van der Waals surface area contributed by atoms with Crippen molar-refractivity contribution in [1.82, 2.24) is 0 Å². The first-order valence-electron chi connectivity index (χ1n) is 7.30. The molecule has 0 heterocycles. The maximum Gasteiger partial charge on any atom is 0.166 e. The van der Waals surface area contributed by atoms with Crippen LogP contribution in [0.1, 0.15) is 43.5 Å². The van der Waals surface area contributed by atoms with E-state index in [1.165, 1.54) is 6.42 Å². The van der Waals surface area contributed by atoms with E-state index < -0.39 is 0 Å². The molecule has 2 nitrogen and oxygen atoms in total. The first kappa shape index (κ1) is 14.1. The molecule has 1 aliphatic rings. The molecule has 0 spiro atoms. The van der Waals surface area contributed by atoms with Gasteiger partial charge in [0.05, 0.1) is 0 Å². The van der Waals surface area contributed by atoms with Crippen molar-refractivity contribution in [2.24, 2.45) is 17.8 Å². The molecule has 0 amide bonds. The van der Waals surface area contributed by atoms with Gasteiger partial charge in [-0.2, -0.15) is 0 Å². The minimum atomic E-state index is 0.226. The lowest BCUT2D eigenvalue weighted by Gasteiger charge is -2.31. The molecule has 1 aromatic carbocycles. The average Bonchev–Trinajstić information content (AvgIpc) is 2.41. The second-order valence-corrected chi connectivity index (χ2v) is 6.27. The van der Waals surface area contributed by atoms with Crippen molar-refractivity contribution in [3.05, 3.63) is 29.8 Å². The van der Waals surface area contributed by atoms with Crippen LogP contribution in [0.25, 0.3) is 0 Å². The number of carbonyl (C=O) groups excluding carboxylic acids is 1. The Bertz CT molecular complexity index is 452. The van der Waals surface area contributed by atoms with Gasteiger partial charge in [0.25, 0.3) is 0 Å². The fourth-order valence-corrected chi connectivity index (χ4v) is 2.96. The molecule has 2 heteroatoms. The maximum atomic E-state index is 12.6. The Labute approximate surface area is 116 Å². The molecule has 0 radical (unpaired) electrons. The van der Waals surface area contributed by atoms with E-state index in [9.17, 15) is 4.79 Å². The third-order valence-electron chi connectivity index (χ3n) is 4.62. The minimum absolute atomic E-state index is 0.226. The van der Waals surface area contributed by atoms with Gasteiger partial charge in [-0.3, -0.25) is 4.79 Å². The monoisotopic (exact) mass is 259 g/mol. The molecule has 1 saturated carbocycles. The van der Waals surface area contributed by atoms with Gasteiger partial charge in [-0.1, -0.05) is 26.0 Å². The van der Waals surface area contributed by atoms with E-state index in [0.717, 1.165) is 30.0 Å². The van der Waals surface area contributed by atoms with Crippen LogP contribution < -0.4 is 4.90 Å². The molecule has 19 heavy (non-hydrogen) atoms. The molecule has 0 bridgehead atoms. The lowest BCUT2D eigenvalue weighted by Crippen LogP contribution is -2.26. The highest BCUT2D eigenvalue weighted by atomic mass is 16.1. The van der Waals surface area contributed by atoms with Crippen molar-refractivity contribution in [3.63, 3.8) is 0 Å². The Hall–Kier alpha value is -1.31. The van der Waals surface area contributed by atoms with E-state index in [1.54, 1.807) is 0 Å². The summed E-state index contributed by atoms with van der Waals surface area (Å²) in [6, 6.07) is 8.00. The largest absolute Gasteiger partial charge is 0.378 e. The number of hydrogen-bond acceptors (Lipinski definition) is 2. The van der Waals surface area contributed by atoms with Crippen LogP contribution in [0.3, 0.4) is 0 Å². The first-order valence-corrected chi connectivity index (χ1v) is 7.30. The number of nitrogens with zero attached hydrogens (tertiary/aromatic N) is 1. The van der Waals surface area contributed by atoms with Crippen molar-refractivity contribution in [2.75, 3.05) is 19.0 Å². The van der Waals surface area contributed by atoms with Crippen LogP contribution in [0.5, 0.6) is 0 Å². The highest BCUT2D eigenvalue weighted by Crippen LogP contribution is 2.35. The average molecular weight is 259 g/mol. The van der Waals surface area contributed by atoms with Gasteiger partial charge < -0.3 is 4.90 Å². The van der Waals surface area contributed by atoms with Crippen LogP contribution in [0.15, 0.2) is 24.3 Å². The summed E-state index contributed by atoms with van der Waals surface area (Å²) in [7, 11) is 4.02. The number of ketones is 1. The summed E-state index contributed by atoms with van der Waals surface area (Å²) in [5.74, 6) is 1.99. The third-order valence-corrected chi connectivity index (χ3v) is 4.62. The summed E-state index contributed by atoms with van der Waals surface area (Å²) < 4.78 is 0. The summed E-state index contributed by atoms with van der Waals surface area (Å²) in [6.07, 6.45) is 3.29. The Balaban J connectivity index is 2.13. The van der Waals surface area contributed by atoms with Gasteiger partial charge in [0.1, 0.15) is 0 Å². The molecule has 1 aromatic rings. The van der Waals surface area contributed by atoms with Crippen LogP contribution in [0, 0.1) is 17.8 Å². The molecule has 3 atom stereocenters. The molecule has 1 fully saturated rings. The fourth-order valence-electron chi connectivity index (χ4n) is 2.96. The van der Waals surface area contributed by atoms with Gasteiger partial charge in [-0.15, -0.1) is 0 Å². The van der Waals surface area contributed by atoms with Crippen molar-refractivity contribution in [2.45, 2.75) is 33.1 Å². The Morgan fingerprint density at radius 2 is 1.89 bits per heavy atom. The minimum Gasteiger partial charge on any atom is -0.378 e. The Morgan fingerprint density at radius 1 is 1.16 bits per heavy atom. The van der Waals surface area contributed by atoms with Crippen LogP contribution in [0.2, 0.25) is 0 Å². The van der Waals surface area contributed by atoms with E-state index >= 15 is 0 Å². The van der Waals surface area contributed by atoms with Crippen molar-refractivity contribution >= 4 is 11.5 Å². The SMILES string of the molecule is CC1CCC(C(=O)c2cccc(N(C)C)c2)CC1C. The number of Topliss-reactive ketones (excluding diaryl/α,β-unsaturated/α-hetero) is 1. The molecule has 104 valence electrons. The zero-order valence-corrected chi connectivity index (χ0v) is 12.5. The topological polar surface area (TPSA) is 20.3 Å². The molecule has 1 aliphatic carbocycles. The number of rotatable bonds is 3. The standard InChI is InChI=1S/C17H25NO/c1-12-8-9-15(10-13(12)2)17(19)14-6-5-7-16(11-14)18(3)4/h5-7,11-13,15H,8-10H2,1-4H3. The van der Waals surface area contributed by atoms with Crippen molar-refractivity contribution in [3.8, 4) is 0 Å². The second-order valence-electron chi connectivity index (χ2n) is 6.27. The molecular weight excluding hydrogens is 234 g/mol. The summed E-state index contributed by atoms with van der Waals surface area (Å²) in [5.41, 5.74) is 1.97. The summed E-state index contributed by atoms with van der Waals surface area (Å²) in [4.78, 5) is 14.7. The molecular formula is C17H25NO. The predicted molar refractivity (Wildman–Crippen MR) is 80.8 cm³/mol. The maximum absolute atomic E-state index is 12.6. The van der Waals surface area contributed by atoms with Gasteiger partial charge in [0.15, 0.2) is 5.78 Å². The molecule has 0 N–H and O–H groups in total. The number of hydrogen-bond donors (Lipinski definition) is 0. The second kappa shape index (κ2) is 5.77. The van der Waals surface area contributed by atoms with Gasteiger partial charge in [-0.05, 0) is 43.2 Å². The van der Waals surface area contributed by atoms with Crippen molar-refractivity contribution in [1.29, 1.82) is 0 Å². The molecule has 3 unspecified atom stereocenters. The highest BCUT2D eigenvalue weighted by Gasteiger charge is 2.29. The summed E-state index contributed by atoms with van der Waals surface area (Å²) in [5, 5.41) is 0. The Morgan fingerprint density at radius 3 is 2.53 bits per heavy atom. The van der Waals surface area contributed by atoms with E-state index in [4.69, 9.17) is 0 Å². The van der Waals surface area contributed by atoms with Gasteiger partial charge in [0.2, 0.25) is 0 Å². The smallest absolute Gasteiger partial charge is 0.166 e. The quantitative estimate of drug-likeness (QED) is 0.764. The van der Waals surface area contributed by atoms with E-state index in [-0.39, 0.29) is 5.92 Å². The zero-order chi connectivity index (χ0) is 14.0. The fraction of sp³-hybridized carbons (Fsp3) is 0.588. The molecule has 0 saturated heterocycles. The third kappa shape index (κ3) is 3.17. The van der Waals surface area contributed by atoms with E-state index in [2.05, 4.69) is 13.8 Å². The summed E-state index contributed by atoms with van der Waals surface area (Å²) >= 11 is 0. The van der Waals surface area contributed by atoms with Crippen molar-refractivity contribution < 1.29 is 4.79 Å². The van der Waals surface area contributed by atoms with Crippen LogP contribution >= 0.6 is 0 Å². The van der Waals surface area contributed by atoms with Crippen LogP contribution in [-0.2, 0) is 0 Å². The lowest BCUT2D eigenvalue weighted by atomic mass is 9.73. The van der Waals surface area contributed by atoms with E-state index in [1.807, 2.05) is 43.3 Å². The number of benzene rings is 1. The van der Waals surface area contributed by atoms with Gasteiger partial charge in [-0.25, -0.2) is 0 Å². The van der Waals surface area contributed by atoms with Crippen LogP contribution in [-0.4, -0.2) is 19.9 Å². The molecule has 0 aromatic heterocycles. The highest BCUT2D eigenvalue weighted by molar-refractivity contribution is 5.98. The normalized spacial score (nSPS) is 27.1. The zero-order valence-electron chi connectivity index (χ0n) is 12.5. The number of anilines is 1.